The monoisotopic (exact) mass is 220 g/mol. The van der Waals surface area contributed by atoms with E-state index in [0.717, 1.165) is 24.4 Å². The van der Waals surface area contributed by atoms with Gasteiger partial charge in [0.1, 0.15) is 0 Å². The van der Waals surface area contributed by atoms with E-state index in [1.54, 1.807) is 17.5 Å². The molecule has 15 heavy (non-hydrogen) atoms. The molecule has 0 saturated heterocycles. The minimum absolute atomic E-state index is 0.155. The topological polar surface area (TPSA) is 56.7 Å². The Kier molecular flexibility index (Phi) is 2.07. The number of rotatable bonds is 1. The highest BCUT2D eigenvalue weighted by Crippen LogP contribution is 2.29. The fourth-order valence-electron chi connectivity index (χ4n) is 2.08. The van der Waals surface area contributed by atoms with E-state index in [9.17, 15) is 0 Å². The van der Waals surface area contributed by atoms with Crippen LogP contribution in [0.4, 0.5) is 0 Å². The highest BCUT2D eigenvalue weighted by atomic mass is 32.1. The summed E-state index contributed by atoms with van der Waals surface area (Å²) in [6, 6.07) is 0.155. The molecule has 5 heteroatoms. The molecule has 1 unspecified atom stereocenters. The van der Waals surface area contributed by atoms with Crippen molar-refractivity contribution in [1.29, 1.82) is 0 Å². The van der Waals surface area contributed by atoms with Gasteiger partial charge in [-0.3, -0.25) is 0 Å². The molecule has 0 amide bonds. The largest absolute Gasteiger partial charge is 0.324 e. The second-order valence-corrected chi connectivity index (χ2v) is 4.64. The first-order valence-corrected chi connectivity index (χ1v) is 5.96. The van der Waals surface area contributed by atoms with Gasteiger partial charge >= 0.3 is 0 Å². The van der Waals surface area contributed by atoms with Crippen molar-refractivity contribution in [3.8, 4) is 5.13 Å². The minimum Gasteiger partial charge on any atom is -0.324 e. The lowest BCUT2D eigenvalue weighted by atomic mass is 9.94. The third kappa shape index (κ3) is 1.39. The van der Waals surface area contributed by atoms with E-state index in [2.05, 4.69) is 10.1 Å². The van der Waals surface area contributed by atoms with Gasteiger partial charge in [-0.15, -0.1) is 11.3 Å². The first kappa shape index (κ1) is 9.06. The molecule has 1 atom stereocenters. The van der Waals surface area contributed by atoms with Crippen LogP contribution < -0.4 is 5.73 Å². The molecule has 2 N–H and O–H groups in total. The van der Waals surface area contributed by atoms with Gasteiger partial charge in [-0.05, 0) is 19.3 Å². The Balaban J connectivity index is 2.11. The smallest absolute Gasteiger partial charge is 0.210 e. The van der Waals surface area contributed by atoms with Crippen molar-refractivity contribution in [3.63, 3.8) is 0 Å². The van der Waals surface area contributed by atoms with Gasteiger partial charge in [0.2, 0.25) is 5.13 Å². The van der Waals surface area contributed by atoms with E-state index >= 15 is 0 Å². The highest BCUT2D eigenvalue weighted by Gasteiger charge is 2.22. The summed E-state index contributed by atoms with van der Waals surface area (Å²) in [4.78, 5) is 4.27. The number of aromatic nitrogens is 3. The zero-order chi connectivity index (χ0) is 10.3. The average molecular weight is 220 g/mol. The molecule has 0 bridgehead atoms. The highest BCUT2D eigenvalue weighted by molar-refractivity contribution is 7.12. The van der Waals surface area contributed by atoms with Crippen molar-refractivity contribution in [2.45, 2.75) is 25.3 Å². The molecule has 0 spiro atoms. The molecular weight excluding hydrogens is 208 g/mol. The SMILES string of the molecule is NC1CCCc2c1cnn2-c1nccs1. The van der Waals surface area contributed by atoms with Crippen LogP contribution in [0.25, 0.3) is 5.13 Å². The third-order valence-corrected chi connectivity index (χ3v) is 3.58. The second-order valence-electron chi connectivity index (χ2n) is 3.77. The number of nitrogens with two attached hydrogens (primary N) is 1. The van der Waals surface area contributed by atoms with Crippen molar-refractivity contribution in [3.05, 3.63) is 29.0 Å². The third-order valence-electron chi connectivity index (χ3n) is 2.83. The standard InChI is InChI=1S/C10H12N4S/c11-8-2-1-3-9-7(8)6-13-14(9)10-12-4-5-15-10/h4-6,8H,1-3,11H2. The lowest BCUT2D eigenvalue weighted by Gasteiger charge is -2.18. The predicted molar refractivity (Wildman–Crippen MR) is 59.1 cm³/mol. The van der Waals surface area contributed by atoms with E-state index in [-0.39, 0.29) is 6.04 Å². The quantitative estimate of drug-likeness (QED) is 0.795. The maximum absolute atomic E-state index is 6.04. The normalized spacial score (nSPS) is 20.2. The van der Waals surface area contributed by atoms with Crippen molar-refractivity contribution in [2.24, 2.45) is 5.73 Å². The zero-order valence-corrected chi connectivity index (χ0v) is 9.07. The molecule has 0 aliphatic heterocycles. The molecule has 78 valence electrons. The van der Waals surface area contributed by atoms with Crippen LogP contribution in [-0.4, -0.2) is 14.8 Å². The molecule has 0 radical (unpaired) electrons. The van der Waals surface area contributed by atoms with Gasteiger partial charge in [-0.25, -0.2) is 9.67 Å². The number of nitrogens with zero attached hydrogens (tertiary/aromatic N) is 3. The maximum Gasteiger partial charge on any atom is 0.210 e. The maximum atomic E-state index is 6.04. The van der Waals surface area contributed by atoms with Gasteiger partial charge in [0, 0.05) is 23.2 Å². The molecular formula is C10H12N4S. The van der Waals surface area contributed by atoms with Gasteiger partial charge in [0.05, 0.1) is 11.9 Å². The van der Waals surface area contributed by atoms with Crippen LogP contribution in [0.1, 0.15) is 30.1 Å². The fraction of sp³-hybridized carbons (Fsp3) is 0.400. The van der Waals surface area contributed by atoms with Crippen LogP contribution >= 0.6 is 11.3 Å². The Morgan fingerprint density at radius 2 is 2.47 bits per heavy atom. The Morgan fingerprint density at radius 3 is 3.27 bits per heavy atom. The van der Waals surface area contributed by atoms with Crippen LogP contribution in [0, 0.1) is 0 Å². The fourth-order valence-corrected chi connectivity index (χ4v) is 2.70. The lowest BCUT2D eigenvalue weighted by molar-refractivity contribution is 0.557. The first-order valence-electron chi connectivity index (χ1n) is 5.08. The van der Waals surface area contributed by atoms with E-state index < -0.39 is 0 Å². The summed E-state index contributed by atoms with van der Waals surface area (Å²) in [5.74, 6) is 0. The van der Waals surface area contributed by atoms with E-state index in [0.29, 0.717) is 0 Å². The zero-order valence-electron chi connectivity index (χ0n) is 8.26. The second kappa shape index (κ2) is 3.43. The average Bonchev–Trinajstić information content (AvgIpc) is 2.85. The molecule has 2 aromatic heterocycles. The van der Waals surface area contributed by atoms with E-state index in [1.807, 2.05) is 16.3 Å². The number of thiazole rings is 1. The summed E-state index contributed by atoms with van der Waals surface area (Å²) in [7, 11) is 0. The Bertz CT molecular complexity index is 460. The van der Waals surface area contributed by atoms with Gasteiger partial charge in [-0.2, -0.15) is 5.10 Å². The summed E-state index contributed by atoms with van der Waals surface area (Å²) < 4.78 is 1.93. The lowest BCUT2D eigenvalue weighted by Crippen LogP contribution is -2.17. The number of hydrogen-bond donors (Lipinski definition) is 1. The van der Waals surface area contributed by atoms with Crippen LogP contribution in [0.2, 0.25) is 0 Å². The summed E-state index contributed by atoms with van der Waals surface area (Å²) in [6.45, 7) is 0. The summed E-state index contributed by atoms with van der Waals surface area (Å²) in [5.41, 5.74) is 8.47. The molecule has 4 nitrogen and oxygen atoms in total. The molecule has 0 fully saturated rings. The molecule has 1 aliphatic rings. The molecule has 2 heterocycles. The molecule has 0 saturated carbocycles. The first-order chi connectivity index (χ1) is 7.36. The number of fused-ring (bicyclic) bond motifs is 1. The van der Waals surface area contributed by atoms with Crippen molar-refractivity contribution in [1.82, 2.24) is 14.8 Å². The van der Waals surface area contributed by atoms with Gasteiger partial charge in [-0.1, -0.05) is 0 Å². The van der Waals surface area contributed by atoms with Crippen LogP contribution in [0.5, 0.6) is 0 Å². The molecule has 3 rings (SSSR count). The Labute approximate surface area is 91.7 Å². The van der Waals surface area contributed by atoms with Gasteiger partial charge in [0.15, 0.2) is 0 Å². The molecule has 1 aliphatic carbocycles. The van der Waals surface area contributed by atoms with Crippen LogP contribution in [0.15, 0.2) is 17.8 Å². The number of hydrogen-bond acceptors (Lipinski definition) is 4. The van der Waals surface area contributed by atoms with Crippen LogP contribution in [-0.2, 0) is 6.42 Å². The molecule has 2 aromatic rings. The summed E-state index contributed by atoms with van der Waals surface area (Å²) >= 11 is 1.60. The van der Waals surface area contributed by atoms with Crippen molar-refractivity contribution in [2.75, 3.05) is 0 Å². The van der Waals surface area contributed by atoms with Crippen molar-refractivity contribution < 1.29 is 0 Å². The Morgan fingerprint density at radius 1 is 1.53 bits per heavy atom. The van der Waals surface area contributed by atoms with Gasteiger partial charge < -0.3 is 5.73 Å². The Hall–Kier alpha value is -1.20. The summed E-state index contributed by atoms with van der Waals surface area (Å²) in [6.07, 6.45) is 6.96. The minimum atomic E-state index is 0.155. The van der Waals surface area contributed by atoms with Crippen LogP contribution in [0.3, 0.4) is 0 Å². The summed E-state index contributed by atoms with van der Waals surface area (Å²) in [5, 5.41) is 7.28. The van der Waals surface area contributed by atoms with E-state index in [1.165, 1.54) is 11.3 Å². The van der Waals surface area contributed by atoms with Crippen molar-refractivity contribution >= 4 is 11.3 Å². The van der Waals surface area contributed by atoms with E-state index in [4.69, 9.17) is 5.73 Å². The van der Waals surface area contributed by atoms with Gasteiger partial charge in [0.25, 0.3) is 0 Å². The molecule has 0 aromatic carbocycles. The predicted octanol–water partition coefficient (Wildman–Crippen LogP) is 1.66.